The molecule has 4 rings (SSSR count). The molecule has 27 heavy (non-hydrogen) atoms. The second kappa shape index (κ2) is 6.46. The van der Waals surface area contributed by atoms with Gasteiger partial charge in [-0.3, -0.25) is 14.5 Å². The van der Waals surface area contributed by atoms with Crippen molar-refractivity contribution in [3.63, 3.8) is 0 Å². The van der Waals surface area contributed by atoms with Gasteiger partial charge in [-0.15, -0.1) is 0 Å². The SMILES string of the molecule is O=C1O[C@H](N2C(=O)CC[C@@H]2C(=O)Nc2ccc(F)cc2F)c2ccccc21. The fourth-order valence-electron chi connectivity index (χ4n) is 3.39. The second-order valence-electron chi connectivity index (χ2n) is 6.31. The van der Waals surface area contributed by atoms with Gasteiger partial charge in [-0.25, -0.2) is 13.6 Å². The Morgan fingerprint density at radius 3 is 2.70 bits per heavy atom. The molecule has 2 atom stereocenters. The van der Waals surface area contributed by atoms with E-state index in [-0.39, 0.29) is 24.4 Å². The molecule has 2 aliphatic rings. The molecule has 0 spiro atoms. The van der Waals surface area contributed by atoms with Crippen LogP contribution in [0.5, 0.6) is 0 Å². The summed E-state index contributed by atoms with van der Waals surface area (Å²) < 4.78 is 32.2. The molecule has 138 valence electrons. The monoisotopic (exact) mass is 372 g/mol. The molecule has 1 saturated heterocycles. The molecule has 2 aromatic rings. The summed E-state index contributed by atoms with van der Waals surface area (Å²) in [6.07, 6.45) is -0.707. The Labute approximate surface area is 152 Å². The summed E-state index contributed by atoms with van der Waals surface area (Å²) in [4.78, 5) is 38.3. The van der Waals surface area contributed by atoms with E-state index in [0.717, 1.165) is 12.1 Å². The fraction of sp³-hybridized carbons (Fsp3) is 0.211. The van der Waals surface area contributed by atoms with Crippen molar-refractivity contribution in [3.8, 4) is 0 Å². The van der Waals surface area contributed by atoms with Crippen LogP contribution in [-0.4, -0.2) is 28.7 Å². The average molecular weight is 372 g/mol. The smallest absolute Gasteiger partial charge is 0.340 e. The number of hydrogen-bond donors (Lipinski definition) is 1. The first-order valence-corrected chi connectivity index (χ1v) is 8.32. The number of carbonyl (C=O) groups excluding carboxylic acids is 3. The van der Waals surface area contributed by atoms with Gasteiger partial charge in [0.15, 0.2) is 0 Å². The predicted molar refractivity (Wildman–Crippen MR) is 89.5 cm³/mol. The number of esters is 1. The van der Waals surface area contributed by atoms with Crippen LogP contribution in [0.25, 0.3) is 0 Å². The highest BCUT2D eigenvalue weighted by atomic mass is 19.1. The number of nitrogens with one attached hydrogen (secondary N) is 1. The van der Waals surface area contributed by atoms with Gasteiger partial charge in [0.05, 0.1) is 11.3 Å². The van der Waals surface area contributed by atoms with Crippen molar-refractivity contribution < 1.29 is 27.9 Å². The summed E-state index contributed by atoms with van der Waals surface area (Å²) in [7, 11) is 0. The van der Waals surface area contributed by atoms with Crippen molar-refractivity contribution >= 4 is 23.5 Å². The third-order valence-corrected chi connectivity index (χ3v) is 4.67. The molecule has 0 aromatic heterocycles. The van der Waals surface area contributed by atoms with Crippen molar-refractivity contribution in [1.29, 1.82) is 0 Å². The van der Waals surface area contributed by atoms with Gasteiger partial charge in [0.25, 0.3) is 0 Å². The Bertz CT molecular complexity index is 962. The van der Waals surface area contributed by atoms with E-state index in [0.29, 0.717) is 17.2 Å². The highest BCUT2D eigenvalue weighted by Gasteiger charge is 2.46. The van der Waals surface area contributed by atoms with E-state index >= 15 is 0 Å². The van der Waals surface area contributed by atoms with Crippen LogP contribution in [0.4, 0.5) is 14.5 Å². The standard InChI is InChI=1S/C19H14F2N2O4/c20-10-5-6-14(13(21)9-10)22-17(25)15-7-8-16(24)23(15)18-11-3-1-2-4-12(11)19(26)27-18/h1-6,9,15,18H,7-8H2,(H,22,25)/t15-,18+/m1/s1. The van der Waals surface area contributed by atoms with Crippen LogP contribution in [0.15, 0.2) is 42.5 Å². The third kappa shape index (κ3) is 2.92. The van der Waals surface area contributed by atoms with Crippen LogP contribution in [0.2, 0.25) is 0 Å². The molecule has 2 aliphatic heterocycles. The number of amides is 2. The number of fused-ring (bicyclic) bond motifs is 1. The van der Waals surface area contributed by atoms with Gasteiger partial charge in [0.2, 0.25) is 18.0 Å². The minimum Gasteiger partial charge on any atom is -0.433 e. The van der Waals surface area contributed by atoms with Crippen molar-refractivity contribution in [2.45, 2.75) is 25.1 Å². The first-order valence-electron chi connectivity index (χ1n) is 8.32. The van der Waals surface area contributed by atoms with Crippen molar-refractivity contribution in [3.05, 3.63) is 65.2 Å². The number of rotatable bonds is 3. The van der Waals surface area contributed by atoms with Crippen LogP contribution in [0, 0.1) is 11.6 Å². The zero-order chi connectivity index (χ0) is 19.1. The van der Waals surface area contributed by atoms with Crippen LogP contribution < -0.4 is 5.32 Å². The molecule has 6 nitrogen and oxygen atoms in total. The highest BCUT2D eigenvalue weighted by Crippen LogP contribution is 2.38. The first kappa shape index (κ1) is 17.1. The van der Waals surface area contributed by atoms with Crippen LogP contribution >= 0.6 is 0 Å². The number of anilines is 1. The van der Waals surface area contributed by atoms with E-state index in [4.69, 9.17) is 4.74 Å². The molecule has 1 fully saturated rings. The number of benzene rings is 2. The number of hydrogen-bond acceptors (Lipinski definition) is 4. The summed E-state index contributed by atoms with van der Waals surface area (Å²) in [6.45, 7) is 0. The molecular formula is C19H14F2N2O4. The normalized spacial score (nSPS) is 21.2. The Morgan fingerprint density at radius 1 is 1.15 bits per heavy atom. The number of halogens is 2. The number of likely N-dealkylation sites (tertiary alicyclic amines) is 1. The molecule has 0 aliphatic carbocycles. The lowest BCUT2D eigenvalue weighted by atomic mass is 10.1. The maximum Gasteiger partial charge on any atom is 0.340 e. The summed E-state index contributed by atoms with van der Waals surface area (Å²) in [5.41, 5.74) is 0.652. The zero-order valence-electron chi connectivity index (χ0n) is 13.9. The Balaban J connectivity index is 1.60. The molecule has 0 saturated carbocycles. The molecule has 0 radical (unpaired) electrons. The predicted octanol–water partition coefficient (Wildman–Crippen LogP) is 2.76. The third-order valence-electron chi connectivity index (χ3n) is 4.67. The molecule has 8 heteroatoms. The first-order chi connectivity index (χ1) is 13.0. The summed E-state index contributed by atoms with van der Waals surface area (Å²) in [5, 5.41) is 2.37. The minimum absolute atomic E-state index is 0.0974. The summed E-state index contributed by atoms with van der Waals surface area (Å²) >= 11 is 0. The van der Waals surface area contributed by atoms with Crippen LogP contribution in [0.3, 0.4) is 0 Å². The highest BCUT2D eigenvalue weighted by molar-refractivity contribution is 6.00. The van der Waals surface area contributed by atoms with Gasteiger partial charge < -0.3 is 10.1 Å². The van der Waals surface area contributed by atoms with Crippen molar-refractivity contribution in [2.75, 3.05) is 5.32 Å². The molecule has 2 amide bonds. The quantitative estimate of drug-likeness (QED) is 0.841. The second-order valence-corrected chi connectivity index (χ2v) is 6.31. The number of cyclic esters (lactones) is 1. The maximum absolute atomic E-state index is 13.8. The van der Waals surface area contributed by atoms with E-state index in [1.807, 2.05) is 0 Å². The molecule has 2 aromatic carbocycles. The van der Waals surface area contributed by atoms with Gasteiger partial charge >= 0.3 is 5.97 Å². The zero-order valence-corrected chi connectivity index (χ0v) is 13.9. The van der Waals surface area contributed by atoms with Gasteiger partial charge in [-0.1, -0.05) is 18.2 Å². The van der Waals surface area contributed by atoms with Crippen LogP contribution in [-0.2, 0) is 14.3 Å². The van der Waals surface area contributed by atoms with E-state index in [1.54, 1.807) is 24.3 Å². The van der Waals surface area contributed by atoms with Gasteiger partial charge in [0, 0.05) is 18.1 Å². The van der Waals surface area contributed by atoms with Gasteiger partial charge in [-0.05, 0) is 24.6 Å². The Hall–Kier alpha value is -3.29. The molecule has 2 heterocycles. The lowest BCUT2D eigenvalue weighted by Gasteiger charge is -2.29. The number of carbonyl (C=O) groups is 3. The molecular weight excluding hydrogens is 358 g/mol. The molecule has 1 N–H and O–H groups in total. The number of nitrogens with zero attached hydrogens (tertiary/aromatic N) is 1. The number of ether oxygens (including phenoxy) is 1. The van der Waals surface area contributed by atoms with Gasteiger partial charge in [-0.2, -0.15) is 0 Å². The van der Waals surface area contributed by atoms with Crippen molar-refractivity contribution in [2.24, 2.45) is 0 Å². The van der Waals surface area contributed by atoms with Crippen LogP contribution in [0.1, 0.15) is 35.0 Å². The largest absolute Gasteiger partial charge is 0.433 e. The minimum atomic E-state index is -1.00. The lowest BCUT2D eigenvalue weighted by molar-refractivity contribution is -0.144. The average Bonchev–Trinajstić information content (AvgIpc) is 3.18. The summed E-state index contributed by atoms with van der Waals surface area (Å²) in [5.74, 6) is -3.23. The Kier molecular flexibility index (Phi) is 4.10. The maximum atomic E-state index is 13.8. The molecule has 0 bridgehead atoms. The van der Waals surface area contributed by atoms with E-state index in [9.17, 15) is 23.2 Å². The van der Waals surface area contributed by atoms with E-state index in [2.05, 4.69) is 5.32 Å². The fourth-order valence-corrected chi connectivity index (χ4v) is 3.39. The van der Waals surface area contributed by atoms with E-state index in [1.165, 1.54) is 4.90 Å². The van der Waals surface area contributed by atoms with E-state index < -0.39 is 35.8 Å². The van der Waals surface area contributed by atoms with Gasteiger partial charge in [0.1, 0.15) is 17.7 Å². The Morgan fingerprint density at radius 2 is 1.93 bits per heavy atom. The topological polar surface area (TPSA) is 75.7 Å². The van der Waals surface area contributed by atoms with Crippen molar-refractivity contribution in [1.82, 2.24) is 4.90 Å². The molecule has 0 unspecified atom stereocenters. The summed E-state index contributed by atoms with van der Waals surface area (Å²) in [6, 6.07) is 8.47. The lowest BCUT2D eigenvalue weighted by Crippen LogP contribution is -2.44.